The van der Waals surface area contributed by atoms with Gasteiger partial charge in [-0.3, -0.25) is 4.79 Å². The van der Waals surface area contributed by atoms with Crippen molar-refractivity contribution in [1.29, 1.82) is 0 Å². The fraction of sp³-hybridized carbons (Fsp3) is 0.809. The number of hydrogen-bond acceptors (Lipinski definition) is 8. The Morgan fingerprint density at radius 2 is 1.02 bits per heavy atom. The molecule has 9 heteroatoms. The van der Waals surface area contributed by atoms with Crippen LogP contribution in [0.5, 0.6) is 0 Å². The Morgan fingerprint density at radius 3 is 1.54 bits per heavy atom. The van der Waals surface area contributed by atoms with Crippen molar-refractivity contribution in [2.75, 3.05) is 13.2 Å². The Kier molecular flexibility index (Phi) is 34.9. The van der Waals surface area contributed by atoms with Crippen molar-refractivity contribution in [3.05, 3.63) is 48.6 Å². The average molecular weight is 792 g/mol. The van der Waals surface area contributed by atoms with Crippen LogP contribution in [-0.2, 0) is 14.3 Å². The highest BCUT2D eigenvalue weighted by Gasteiger charge is 2.44. The molecule has 0 aliphatic carbocycles. The summed E-state index contributed by atoms with van der Waals surface area (Å²) in [6.07, 6.45) is 40.1. The summed E-state index contributed by atoms with van der Waals surface area (Å²) in [4.78, 5) is 12.9. The molecule has 9 nitrogen and oxygen atoms in total. The first-order valence-electron chi connectivity index (χ1n) is 22.9. The van der Waals surface area contributed by atoms with Crippen LogP contribution in [0, 0.1) is 0 Å². The van der Waals surface area contributed by atoms with Gasteiger partial charge >= 0.3 is 0 Å². The van der Waals surface area contributed by atoms with E-state index >= 15 is 0 Å². The van der Waals surface area contributed by atoms with Crippen LogP contribution in [0.1, 0.15) is 187 Å². The van der Waals surface area contributed by atoms with Crippen LogP contribution in [0.3, 0.4) is 0 Å². The number of rotatable bonds is 37. The second-order valence-corrected chi connectivity index (χ2v) is 15.8. The zero-order valence-electron chi connectivity index (χ0n) is 35.6. The summed E-state index contributed by atoms with van der Waals surface area (Å²) in [5, 5.41) is 54.1. The molecule has 0 saturated carbocycles. The number of aliphatic hydroxyl groups excluding tert-OH is 5. The Balaban J connectivity index is 2.36. The molecular weight excluding hydrogens is 707 g/mol. The van der Waals surface area contributed by atoms with Gasteiger partial charge in [0.15, 0.2) is 6.29 Å². The van der Waals surface area contributed by atoms with Gasteiger partial charge < -0.3 is 40.3 Å². The molecule has 1 aliphatic rings. The first-order valence-corrected chi connectivity index (χ1v) is 22.9. The van der Waals surface area contributed by atoms with Gasteiger partial charge in [-0.1, -0.05) is 159 Å². The highest BCUT2D eigenvalue weighted by Crippen LogP contribution is 2.22. The highest BCUT2D eigenvalue weighted by molar-refractivity contribution is 5.76. The molecule has 1 amide bonds. The van der Waals surface area contributed by atoms with Crippen molar-refractivity contribution in [2.45, 2.75) is 230 Å². The molecule has 1 aliphatic heterocycles. The molecule has 0 spiro atoms. The fourth-order valence-electron chi connectivity index (χ4n) is 6.89. The lowest BCUT2D eigenvalue weighted by Gasteiger charge is -2.40. The largest absolute Gasteiger partial charge is 0.394 e. The quantitative estimate of drug-likeness (QED) is 0.0269. The number of aliphatic hydroxyl groups is 5. The monoisotopic (exact) mass is 792 g/mol. The van der Waals surface area contributed by atoms with E-state index in [1.165, 1.54) is 103 Å². The van der Waals surface area contributed by atoms with E-state index in [-0.39, 0.29) is 12.5 Å². The number of amides is 1. The van der Waals surface area contributed by atoms with Crippen molar-refractivity contribution in [3.63, 3.8) is 0 Å². The van der Waals surface area contributed by atoms with Crippen molar-refractivity contribution in [1.82, 2.24) is 5.32 Å². The van der Waals surface area contributed by atoms with Crippen molar-refractivity contribution >= 4 is 5.91 Å². The van der Waals surface area contributed by atoms with Gasteiger partial charge in [-0.05, 0) is 70.6 Å². The molecular formula is C47H85NO8. The predicted octanol–water partition coefficient (Wildman–Crippen LogP) is 9.45. The second kappa shape index (κ2) is 37.4. The van der Waals surface area contributed by atoms with Crippen LogP contribution in [0.4, 0.5) is 0 Å². The lowest BCUT2D eigenvalue weighted by Crippen LogP contribution is -2.60. The van der Waals surface area contributed by atoms with Crippen LogP contribution < -0.4 is 5.32 Å². The molecule has 1 rings (SSSR count). The lowest BCUT2D eigenvalue weighted by atomic mass is 9.99. The maximum atomic E-state index is 12.9. The summed E-state index contributed by atoms with van der Waals surface area (Å²) in [6, 6.07) is -0.829. The third-order valence-corrected chi connectivity index (χ3v) is 10.6. The molecule has 1 fully saturated rings. The van der Waals surface area contributed by atoms with Crippen LogP contribution in [-0.4, -0.2) is 87.5 Å². The second-order valence-electron chi connectivity index (χ2n) is 15.8. The van der Waals surface area contributed by atoms with Crippen molar-refractivity contribution in [2.24, 2.45) is 0 Å². The van der Waals surface area contributed by atoms with Gasteiger partial charge in [-0.2, -0.15) is 0 Å². The van der Waals surface area contributed by atoms with Gasteiger partial charge in [0, 0.05) is 6.42 Å². The Bertz CT molecular complexity index is 1010. The van der Waals surface area contributed by atoms with Gasteiger partial charge in [0.1, 0.15) is 24.4 Å². The number of nitrogens with one attached hydrogen (secondary N) is 1. The zero-order valence-corrected chi connectivity index (χ0v) is 35.6. The molecule has 7 unspecified atom stereocenters. The molecule has 0 bridgehead atoms. The van der Waals surface area contributed by atoms with Gasteiger partial charge in [0.2, 0.25) is 5.91 Å². The SMILES string of the molecule is CCCCC/C=C/CC/C=C/CC/C=C/C(O)C(COC1OC(CO)C(O)C(O)C1O)NC(=O)CCCCCCCCC/C=C\CCCCCCCCCCC. The van der Waals surface area contributed by atoms with Gasteiger partial charge in [-0.15, -0.1) is 0 Å². The summed E-state index contributed by atoms with van der Waals surface area (Å²) in [7, 11) is 0. The smallest absolute Gasteiger partial charge is 0.220 e. The van der Waals surface area contributed by atoms with Gasteiger partial charge in [0.25, 0.3) is 0 Å². The van der Waals surface area contributed by atoms with E-state index in [9.17, 15) is 30.3 Å². The Morgan fingerprint density at radius 1 is 0.589 bits per heavy atom. The van der Waals surface area contributed by atoms with E-state index in [0.29, 0.717) is 6.42 Å². The van der Waals surface area contributed by atoms with Crippen LogP contribution in [0.25, 0.3) is 0 Å². The zero-order chi connectivity index (χ0) is 40.9. The first-order chi connectivity index (χ1) is 27.3. The Hall–Kier alpha value is -1.85. The number of hydrogen-bond donors (Lipinski definition) is 6. The standard InChI is InChI=1S/C47H85NO8/c1-3-5-7-9-11-13-15-17-18-19-20-21-22-23-25-27-29-31-33-35-37-43(51)48-40(39-55-47-46(54)45(53)44(52)42(38-49)56-47)41(50)36-34-32-30-28-26-24-16-14-12-10-8-6-4-2/h12,14,20-21,26,28,34,36,40-42,44-47,49-50,52-54H,3-11,13,15-19,22-25,27,29-33,35,37-39H2,1-2H3,(H,48,51)/b14-12+,21-20-,28-26+,36-34+. The summed E-state index contributed by atoms with van der Waals surface area (Å²) in [5.74, 6) is -0.198. The van der Waals surface area contributed by atoms with Gasteiger partial charge in [0.05, 0.1) is 25.4 Å². The summed E-state index contributed by atoms with van der Waals surface area (Å²) in [6.45, 7) is 3.70. The number of ether oxygens (including phenoxy) is 2. The molecule has 0 radical (unpaired) electrons. The van der Waals surface area contributed by atoms with Crippen molar-refractivity contribution < 1.29 is 39.8 Å². The van der Waals surface area contributed by atoms with E-state index in [1.807, 2.05) is 6.08 Å². The normalized spacial score (nSPS) is 21.6. The van der Waals surface area contributed by atoms with E-state index in [1.54, 1.807) is 6.08 Å². The summed E-state index contributed by atoms with van der Waals surface area (Å²) in [5.41, 5.74) is 0. The molecule has 0 aromatic heterocycles. The van der Waals surface area contributed by atoms with E-state index in [2.05, 4.69) is 55.6 Å². The molecule has 0 aromatic rings. The van der Waals surface area contributed by atoms with E-state index < -0.39 is 49.5 Å². The number of carbonyl (C=O) groups excluding carboxylic acids is 1. The summed E-state index contributed by atoms with van der Waals surface area (Å²) >= 11 is 0. The van der Waals surface area contributed by atoms with E-state index in [4.69, 9.17) is 9.47 Å². The predicted molar refractivity (Wildman–Crippen MR) is 230 cm³/mol. The molecule has 1 saturated heterocycles. The third kappa shape index (κ3) is 27.7. The number of carbonyl (C=O) groups is 1. The van der Waals surface area contributed by atoms with E-state index in [0.717, 1.165) is 64.2 Å². The highest BCUT2D eigenvalue weighted by atomic mass is 16.7. The molecule has 56 heavy (non-hydrogen) atoms. The molecule has 6 N–H and O–H groups in total. The minimum atomic E-state index is -1.57. The lowest BCUT2D eigenvalue weighted by molar-refractivity contribution is -0.302. The fourth-order valence-corrected chi connectivity index (χ4v) is 6.89. The maximum absolute atomic E-state index is 12.9. The molecule has 326 valence electrons. The Labute approximate surface area is 342 Å². The summed E-state index contributed by atoms with van der Waals surface area (Å²) < 4.78 is 11.2. The molecule has 0 aromatic carbocycles. The van der Waals surface area contributed by atoms with Crippen LogP contribution in [0.2, 0.25) is 0 Å². The average Bonchev–Trinajstić information content (AvgIpc) is 3.20. The topological polar surface area (TPSA) is 149 Å². The van der Waals surface area contributed by atoms with Crippen LogP contribution in [0.15, 0.2) is 48.6 Å². The molecule has 7 atom stereocenters. The van der Waals surface area contributed by atoms with Crippen LogP contribution >= 0.6 is 0 Å². The van der Waals surface area contributed by atoms with Gasteiger partial charge in [-0.25, -0.2) is 0 Å². The molecule has 1 heterocycles. The van der Waals surface area contributed by atoms with Crippen molar-refractivity contribution in [3.8, 4) is 0 Å². The maximum Gasteiger partial charge on any atom is 0.220 e. The first kappa shape index (κ1) is 52.2. The minimum absolute atomic E-state index is 0.198. The number of unbranched alkanes of at least 4 members (excludes halogenated alkanes) is 21. The third-order valence-electron chi connectivity index (χ3n) is 10.6. The minimum Gasteiger partial charge on any atom is -0.394 e. The number of allylic oxidation sites excluding steroid dienone is 7.